The third-order valence-electron chi connectivity index (χ3n) is 5.06. The van der Waals surface area contributed by atoms with Crippen molar-refractivity contribution >= 4 is 5.91 Å². The number of rotatable bonds is 5. The lowest BCUT2D eigenvalue weighted by atomic mass is 9.89. The van der Waals surface area contributed by atoms with Crippen molar-refractivity contribution in [2.24, 2.45) is 17.8 Å². The first-order valence-electron chi connectivity index (χ1n) is 7.20. The number of nitrogens with one attached hydrogen (secondary N) is 1. The van der Waals surface area contributed by atoms with Crippen LogP contribution in [0.15, 0.2) is 0 Å². The molecule has 1 amide bonds. The highest BCUT2D eigenvalue weighted by atomic mass is 16.2. The Hall–Kier alpha value is -0.570. The van der Waals surface area contributed by atoms with E-state index in [2.05, 4.69) is 5.32 Å². The summed E-state index contributed by atoms with van der Waals surface area (Å²) in [6.07, 6.45) is 8.17. The molecule has 3 saturated carbocycles. The number of fused-ring (bicyclic) bond motifs is 2. The van der Waals surface area contributed by atoms with Gasteiger partial charge in [0.25, 0.3) is 0 Å². The van der Waals surface area contributed by atoms with Crippen LogP contribution in [0, 0.1) is 17.8 Å². The molecule has 3 atom stereocenters. The highest BCUT2D eigenvalue weighted by molar-refractivity contribution is 5.78. The second-order valence-corrected chi connectivity index (χ2v) is 6.30. The van der Waals surface area contributed by atoms with Crippen LogP contribution in [0.5, 0.6) is 0 Å². The number of carbonyl (C=O) groups excluding carboxylic acids is 1. The fourth-order valence-electron chi connectivity index (χ4n) is 3.78. The van der Waals surface area contributed by atoms with Crippen molar-refractivity contribution in [2.75, 3.05) is 20.1 Å². The number of nitrogens with zero attached hydrogens (tertiary/aromatic N) is 1. The van der Waals surface area contributed by atoms with Crippen molar-refractivity contribution < 1.29 is 4.79 Å². The molecule has 3 heteroatoms. The van der Waals surface area contributed by atoms with Gasteiger partial charge in [0.1, 0.15) is 0 Å². The van der Waals surface area contributed by atoms with E-state index < -0.39 is 0 Å². The van der Waals surface area contributed by atoms with Crippen molar-refractivity contribution in [3.05, 3.63) is 0 Å². The molecule has 0 spiro atoms. The van der Waals surface area contributed by atoms with E-state index in [1.165, 1.54) is 38.5 Å². The first kappa shape index (κ1) is 11.5. The van der Waals surface area contributed by atoms with Crippen LogP contribution in [0.4, 0.5) is 0 Å². The van der Waals surface area contributed by atoms with Gasteiger partial charge < -0.3 is 10.2 Å². The van der Waals surface area contributed by atoms with E-state index in [-0.39, 0.29) is 5.91 Å². The lowest BCUT2D eigenvalue weighted by Crippen LogP contribution is -2.39. The molecule has 3 aliphatic rings. The van der Waals surface area contributed by atoms with Gasteiger partial charge in [-0.2, -0.15) is 0 Å². The molecule has 96 valence electrons. The second-order valence-electron chi connectivity index (χ2n) is 6.30. The Bertz CT molecular complexity index is 301. The van der Waals surface area contributed by atoms with Gasteiger partial charge in [-0.05, 0) is 56.4 Å². The largest absolute Gasteiger partial charge is 0.342 e. The topological polar surface area (TPSA) is 32.3 Å². The summed E-state index contributed by atoms with van der Waals surface area (Å²) in [5.74, 6) is 3.10. The molecule has 0 heterocycles. The summed E-state index contributed by atoms with van der Waals surface area (Å²) in [7, 11) is 1.94. The normalized spacial score (nSPS) is 35.2. The van der Waals surface area contributed by atoms with Crippen molar-refractivity contribution in [1.29, 1.82) is 0 Å². The maximum absolute atomic E-state index is 11.8. The number of hydrogen-bond acceptors (Lipinski definition) is 2. The fraction of sp³-hybridized carbons (Fsp3) is 0.929. The average molecular weight is 236 g/mol. The summed E-state index contributed by atoms with van der Waals surface area (Å²) in [5.41, 5.74) is 0. The van der Waals surface area contributed by atoms with Crippen molar-refractivity contribution in [3.8, 4) is 0 Å². The molecule has 2 bridgehead atoms. The minimum atomic E-state index is 0.274. The maximum atomic E-state index is 11.8. The average Bonchev–Trinajstić information content (AvgIpc) is 2.98. The first-order chi connectivity index (χ1) is 8.24. The Kier molecular flexibility index (Phi) is 3.12. The van der Waals surface area contributed by atoms with Crippen LogP contribution in [0.2, 0.25) is 0 Å². The summed E-state index contributed by atoms with van der Waals surface area (Å²) < 4.78 is 0. The highest BCUT2D eigenvalue weighted by Crippen LogP contribution is 2.47. The minimum Gasteiger partial charge on any atom is -0.342 e. The lowest BCUT2D eigenvalue weighted by Gasteiger charge is -2.22. The lowest BCUT2D eigenvalue weighted by molar-refractivity contribution is -0.129. The maximum Gasteiger partial charge on any atom is 0.236 e. The zero-order valence-corrected chi connectivity index (χ0v) is 10.8. The van der Waals surface area contributed by atoms with Crippen molar-refractivity contribution in [1.82, 2.24) is 10.2 Å². The van der Waals surface area contributed by atoms with Crippen LogP contribution >= 0.6 is 0 Å². The fourth-order valence-corrected chi connectivity index (χ4v) is 3.78. The molecule has 3 aliphatic carbocycles. The van der Waals surface area contributed by atoms with Crippen LogP contribution in [0.1, 0.15) is 38.5 Å². The van der Waals surface area contributed by atoms with Gasteiger partial charge in [-0.25, -0.2) is 0 Å². The molecule has 3 nitrogen and oxygen atoms in total. The van der Waals surface area contributed by atoms with Crippen LogP contribution in [-0.2, 0) is 4.79 Å². The van der Waals surface area contributed by atoms with Crippen molar-refractivity contribution in [2.45, 2.75) is 44.6 Å². The number of amides is 1. The zero-order valence-electron chi connectivity index (χ0n) is 10.8. The number of carbonyl (C=O) groups is 1. The van der Waals surface area contributed by atoms with E-state index >= 15 is 0 Å². The van der Waals surface area contributed by atoms with E-state index in [9.17, 15) is 4.79 Å². The number of likely N-dealkylation sites (N-methyl/N-ethyl adjacent to an activating group) is 1. The van der Waals surface area contributed by atoms with Crippen molar-refractivity contribution in [3.63, 3.8) is 0 Å². The van der Waals surface area contributed by atoms with Gasteiger partial charge in [-0.1, -0.05) is 6.42 Å². The first-order valence-corrected chi connectivity index (χ1v) is 7.20. The number of hydrogen-bond donors (Lipinski definition) is 1. The van der Waals surface area contributed by atoms with E-state index in [1.54, 1.807) is 0 Å². The summed E-state index contributed by atoms with van der Waals surface area (Å²) in [5, 5.41) is 3.38. The van der Waals surface area contributed by atoms with Gasteiger partial charge >= 0.3 is 0 Å². The van der Waals surface area contributed by atoms with Gasteiger partial charge in [0, 0.05) is 13.1 Å². The Labute approximate surface area is 104 Å². The van der Waals surface area contributed by atoms with Crippen LogP contribution in [-0.4, -0.2) is 37.0 Å². The molecule has 3 fully saturated rings. The predicted octanol–water partition coefficient (Wildman–Crippen LogP) is 1.63. The molecule has 0 aromatic heterocycles. The predicted molar refractivity (Wildman–Crippen MR) is 67.6 cm³/mol. The molecule has 17 heavy (non-hydrogen) atoms. The van der Waals surface area contributed by atoms with E-state index in [4.69, 9.17) is 0 Å². The summed E-state index contributed by atoms with van der Waals surface area (Å²) in [4.78, 5) is 13.7. The van der Waals surface area contributed by atoms with Gasteiger partial charge in [0.15, 0.2) is 0 Å². The molecule has 0 aliphatic heterocycles. The summed E-state index contributed by atoms with van der Waals surface area (Å²) >= 11 is 0. The Morgan fingerprint density at radius 2 is 2.06 bits per heavy atom. The second kappa shape index (κ2) is 4.60. The summed E-state index contributed by atoms with van der Waals surface area (Å²) in [6, 6.07) is 0.548. The summed E-state index contributed by atoms with van der Waals surface area (Å²) in [6.45, 7) is 1.60. The van der Waals surface area contributed by atoms with Gasteiger partial charge in [-0.3, -0.25) is 4.79 Å². The molecular weight excluding hydrogens is 212 g/mol. The zero-order chi connectivity index (χ0) is 11.8. The Morgan fingerprint density at radius 3 is 2.65 bits per heavy atom. The van der Waals surface area contributed by atoms with Gasteiger partial charge in [-0.15, -0.1) is 0 Å². The molecular formula is C14H24N2O. The van der Waals surface area contributed by atoms with E-state index in [1.807, 2.05) is 11.9 Å². The molecule has 1 N–H and O–H groups in total. The standard InChI is InChI=1S/C14H24N2O/c1-16(13-4-5-13)14(17)9-15-8-12-7-10-2-3-11(12)6-10/h10-13,15H,2-9H2,1H3. The molecule has 0 aromatic rings. The molecule has 0 aromatic carbocycles. The van der Waals surface area contributed by atoms with Crippen LogP contribution < -0.4 is 5.32 Å². The van der Waals surface area contributed by atoms with Crippen LogP contribution in [0.25, 0.3) is 0 Å². The van der Waals surface area contributed by atoms with Gasteiger partial charge in [0.2, 0.25) is 5.91 Å². The molecule has 3 unspecified atom stereocenters. The Morgan fingerprint density at radius 1 is 1.24 bits per heavy atom. The SMILES string of the molecule is CN(C(=O)CNCC1CC2CCC1C2)C1CC1. The van der Waals surface area contributed by atoms with E-state index in [0.29, 0.717) is 12.6 Å². The van der Waals surface area contributed by atoms with Gasteiger partial charge in [0.05, 0.1) is 6.54 Å². The smallest absolute Gasteiger partial charge is 0.236 e. The highest BCUT2D eigenvalue weighted by Gasteiger charge is 2.39. The quantitative estimate of drug-likeness (QED) is 0.787. The Balaban J connectivity index is 1.36. The van der Waals surface area contributed by atoms with E-state index in [0.717, 1.165) is 24.3 Å². The molecule has 0 radical (unpaired) electrons. The minimum absolute atomic E-state index is 0.274. The van der Waals surface area contributed by atoms with Crippen LogP contribution in [0.3, 0.4) is 0 Å². The third kappa shape index (κ3) is 2.49. The molecule has 3 rings (SSSR count). The monoisotopic (exact) mass is 236 g/mol. The molecule has 0 saturated heterocycles. The third-order valence-corrected chi connectivity index (χ3v) is 5.06.